The summed E-state index contributed by atoms with van der Waals surface area (Å²) in [5.41, 5.74) is 1.29. The van der Waals surface area contributed by atoms with Crippen LogP contribution in [0.25, 0.3) is 0 Å². The number of aliphatic hydroxyl groups excluding tert-OH is 1. The molecule has 0 bridgehead atoms. The number of benzene rings is 2. The highest BCUT2D eigenvalue weighted by Crippen LogP contribution is 2.40. The van der Waals surface area contributed by atoms with E-state index in [0.29, 0.717) is 50.5 Å². The molecule has 0 saturated carbocycles. The number of hydrogen-bond acceptors (Lipinski definition) is 8. The lowest BCUT2D eigenvalue weighted by atomic mass is 10.2. The lowest BCUT2D eigenvalue weighted by Crippen LogP contribution is -2.02. The predicted octanol–water partition coefficient (Wildman–Crippen LogP) is 4.29. The van der Waals surface area contributed by atoms with Gasteiger partial charge in [-0.1, -0.05) is 18.2 Å². The van der Waals surface area contributed by atoms with Gasteiger partial charge in [0.2, 0.25) is 17.6 Å². The molecular weight excluding hydrogens is 442 g/mol. The maximum absolute atomic E-state index is 9.49. The average molecular weight is 462 g/mol. The molecule has 9 heteroatoms. The molecule has 0 saturated heterocycles. The first kappa shape index (κ1) is 20.7. The highest BCUT2D eigenvalue weighted by Gasteiger charge is 2.15. The van der Waals surface area contributed by atoms with Gasteiger partial charge in [-0.15, -0.1) is 0 Å². The minimum atomic E-state index is -0.143. The zero-order chi connectivity index (χ0) is 20.8. The van der Waals surface area contributed by atoms with Crippen molar-refractivity contribution in [3.63, 3.8) is 0 Å². The van der Waals surface area contributed by atoms with Gasteiger partial charge in [0.25, 0.3) is 0 Å². The van der Waals surface area contributed by atoms with Gasteiger partial charge in [-0.05, 0) is 22.0 Å². The van der Waals surface area contributed by atoms with E-state index < -0.39 is 0 Å². The van der Waals surface area contributed by atoms with Gasteiger partial charge < -0.3 is 29.4 Å². The van der Waals surface area contributed by atoms with Crippen molar-refractivity contribution in [1.29, 1.82) is 0 Å². The summed E-state index contributed by atoms with van der Waals surface area (Å²) in [4.78, 5) is 8.67. The summed E-state index contributed by atoms with van der Waals surface area (Å²) >= 11 is 3.39. The molecule has 0 fully saturated rings. The van der Waals surface area contributed by atoms with Crippen LogP contribution in [0.5, 0.6) is 28.9 Å². The van der Waals surface area contributed by atoms with Gasteiger partial charge in [0, 0.05) is 23.4 Å². The molecule has 0 atom stereocenters. The molecule has 0 amide bonds. The summed E-state index contributed by atoms with van der Waals surface area (Å²) in [5.74, 6) is 2.60. The van der Waals surface area contributed by atoms with Crippen molar-refractivity contribution < 1.29 is 24.1 Å². The minimum absolute atomic E-state index is 0.143. The van der Waals surface area contributed by atoms with E-state index in [0.717, 1.165) is 0 Å². The summed E-state index contributed by atoms with van der Waals surface area (Å²) in [7, 11) is 4.63. The van der Waals surface area contributed by atoms with Crippen molar-refractivity contribution in [1.82, 2.24) is 9.97 Å². The first-order valence-electron chi connectivity index (χ1n) is 8.55. The number of aromatic nitrogens is 2. The van der Waals surface area contributed by atoms with Crippen LogP contribution in [0.1, 0.15) is 5.56 Å². The number of hydrogen-bond donors (Lipinski definition) is 2. The van der Waals surface area contributed by atoms with Crippen LogP contribution in [0, 0.1) is 0 Å². The molecule has 2 aromatic carbocycles. The van der Waals surface area contributed by atoms with Crippen LogP contribution in [-0.4, -0.2) is 36.4 Å². The number of halogens is 1. The highest BCUT2D eigenvalue weighted by atomic mass is 79.9. The van der Waals surface area contributed by atoms with Gasteiger partial charge in [-0.25, -0.2) is 4.98 Å². The fourth-order valence-corrected chi connectivity index (χ4v) is 2.88. The molecule has 0 aliphatic heterocycles. The second-order valence-electron chi connectivity index (χ2n) is 5.75. The lowest BCUT2D eigenvalue weighted by molar-refractivity contribution is 0.276. The summed E-state index contributed by atoms with van der Waals surface area (Å²) in [6, 6.07) is 10.7. The molecule has 0 aliphatic rings. The predicted molar refractivity (Wildman–Crippen MR) is 112 cm³/mol. The van der Waals surface area contributed by atoms with Crippen LogP contribution in [0.15, 0.2) is 47.1 Å². The van der Waals surface area contributed by atoms with Gasteiger partial charge >= 0.3 is 0 Å². The molecule has 2 N–H and O–H groups in total. The maximum Gasteiger partial charge on any atom is 0.238 e. The maximum atomic E-state index is 9.49. The molecule has 0 unspecified atom stereocenters. The van der Waals surface area contributed by atoms with Gasteiger partial charge in [0.15, 0.2) is 11.5 Å². The third-order valence-electron chi connectivity index (χ3n) is 3.98. The van der Waals surface area contributed by atoms with Crippen LogP contribution < -0.4 is 24.3 Å². The monoisotopic (exact) mass is 461 g/mol. The number of para-hydroxylation sites is 1. The van der Waals surface area contributed by atoms with Crippen molar-refractivity contribution in [2.75, 3.05) is 26.6 Å². The largest absolute Gasteiger partial charge is 0.493 e. The zero-order valence-corrected chi connectivity index (χ0v) is 17.7. The topological polar surface area (TPSA) is 95.0 Å². The van der Waals surface area contributed by atoms with Crippen molar-refractivity contribution in [2.45, 2.75) is 6.61 Å². The summed E-state index contributed by atoms with van der Waals surface area (Å²) in [6.45, 7) is -0.143. The van der Waals surface area contributed by atoms with Gasteiger partial charge in [-0.2, -0.15) is 4.98 Å². The molecule has 29 heavy (non-hydrogen) atoms. The molecule has 1 heterocycles. The van der Waals surface area contributed by atoms with E-state index in [1.807, 2.05) is 12.1 Å². The SMILES string of the molecule is COc1cc(Nc2ncc(Br)c(Oc3ccccc3CO)n2)cc(OC)c1OC. The van der Waals surface area contributed by atoms with Crippen LogP contribution in [0.2, 0.25) is 0 Å². The first-order valence-corrected chi connectivity index (χ1v) is 9.35. The summed E-state index contributed by atoms with van der Waals surface area (Å²) in [6.07, 6.45) is 1.57. The number of methoxy groups -OCH3 is 3. The molecule has 0 aliphatic carbocycles. The third kappa shape index (κ3) is 4.69. The molecule has 152 valence electrons. The zero-order valence-electron chi connectivity index (χ0n) is 16.1. The minimum Gasteiger partial charge on any atom is -0.493 e. The highest BCUT2D eigenvalue weighted by molar-refractivity contribution is 9.10. The molecule has 8 nitrogen and oxygen atoms in total. The van der Waals surface area contributed by atoms with E-state index in [1.165, 1.54) is 0 Å². The van der Waals surface area contributed by atoms with Gasteiger partial charge in [0.05, 0.1) is 38.6 Å². The molecule has 3 rings (SSSR count). The van der Waals surface area contributed by atoms with Crippen LogP contribution in [0.3, 0.4) is 0 Å². The van der Waals surface area contributed by atoms with Gasteiger partial charge in [-0.3, -0.25) is 0 Å². The fourth-order valence-electron chi connectivity index (χ4n) is 2.60. The van der Waals surface area contributed by atoms with E-state index >= 15 is 0 Å². The van der Waals surface area contributed by atoms with E-state index in [-0.39, 0.29) is 6.61 Å². The Morgan fingerprint density at radius 1 is 1.00 bits per heavy atom. The van der Waals surface area contributed by atoms with Crippen LogP contribution in [-0.2, 0) is 6.61 Å². The number of ether oxygens (including phenoxy) is 4. The van der Waals surface area contributed by atoms with Gasteiger partial charge in [0.1, 0.15) is 5.75 Å². The Bertz CT molecular complexity index is 975. The third-order valence-corrected chi connectivity index (χ3v) is 4.53. The van der Waals surface area contributed by atoms with Crippen molar-refractivity contribution in [3.8, 4) is 28.9 Å². The van der Waals surface area contributed by atoms with Crippen LogP contribution in [0.4, 0.5) is 11.6 Å². The van der Waals surface area contributed by atoms with E-state index in [4.69, 9.17) is 18.9 Å². The van der Waals surface area contributed by atoms with Crippen molar-refractivity contribution in [3.05, 3.63) is 52.6 Å². The average Bonchev–Trinajstić information content (AvgIpc) is 2.75. The lowest BCUT2D eigenvalue weighted by Gasteiger charge is -2.15. The molecule has 3 aromatic rings. The second-order valence-corrected chi connectivity index (χ2v) is 6.61. The number of aliphatic hydroxyl groups is 1. The Balaban J connectivity index is 1.90. The van der Waals surface area contributed by atoms with Crippen molar-refractivity contribution in [2.24, 2.45) is 0 Å². The molecule has 1 aromatic heterocycles. The molecule has 0 spiro atoms. The quantitative estimate of drug-likeness (QED) is 0.512. The number of nitrogens with one attached hydrogen (secondary N) is 1. The second kappa shape index (κ2) is 9.44. The molecular formula is C20H20BrN3O5. The Kier molecular flexibility index (Phi) is 6.73. The Labute approximate surface area is 176 Å². The van der Waals surface area contributed by atoms with Crippen LogP contribution >= 0.6 is 15.9 Å². The summed E-state index contributed by atoms with van der Waals surface area (Å²) < 4.78 is 22.5. The standard InChI is InChI=1S/C20H20BrN3O5/c1-26-16-8-13(9-17(27-2)18(16)28-3)23-20-22-10-14(21)19(24-20)29-15-7-5-4-6-12(15)11-25/h4-10,25H,11H2,1-3H3,(H,22,23,24). The van der Waals surface area contributed by atoms with E-state index in [2.05, 4.69) is 31.2 Å². The Morgan fingerprint density at radius 3 is 2.31 bits per heavy atom. The number of anilines is 2. The smallest absolute Gasteiger partial charge is 0.238 e. The molecule has 0 radical (unpaired) electrons. The first-order chi connectivity index (χ1) is 14.1. The van der Waals surface area contributed by atoms with Crippen molar-refractivity contribution >= 4 is 27.6 Å². The van der Waals surface area contributed by atoms with E-state index in [9.17, 15) is 5.11 Å². The fraction of sp³-hybridized carbons (Fsp3) is 0.200. The Morgan fingerprint density at radius 2 is 1.69 bits per heavy atom. The summed E-state index contributed by atoms with van der Waals surface area (Å²) in [5, 5.41) is 12.6. The number of rotatable bonds is 8. The normalized spacial score (nSPS) is 10.4. The Hall–Kier alpha value is -3.04. The number of nitrogens with zero attached hydrogens (tertiary/aromatic N) is 2. The van der Waals surface area contributed by atoms with E-state index in [1.54, 1.807) is 51.8 Å².